The van der Waals surface area contributed by atoms with Crippen LogP contribution in [-0.2, 0) is 9.59 Å². The fourth-order valence-electron chi connectivity index (χ4n) is 4.14. The molecule has 1 saturated carbocycles. The van der Waals surface area contributed by atoms with Crippen molar-refractivity contribution in [3.8, 4) is 0 Å². The molecule has 1 aliphatic heterocycles. The smallest absolute Gasteiger partial charge is 0.235 e. The Hall–Kier alpha value is -2.10. The van der Waals surface area contributed by atoms with Crippen molar-refractivity contribution in [1.29, 1.82) is 0 Å². The second kappa shape index (κ2) is 4.70. The average Bonchev–Trinajstić information content (AvgIpc) is 3.16. The summed E-state index contributed by atoms with van der Waals surface area (Å²) < 4.78 is 0. The molecule has 2 fully saturated rings. The van der Waals surface area contributed by atoms with Crippen molar-refractivity contribution in [3.05, 3.63) is 41.5 Å². The minimum Gasteiger partial charge on any atom is -0.367 e. The van der Waals surface area contributed by atoms with Crippen LogP contribution in [0, 0.1) is 37.5 Å². The highest BCUT2D eigenvalue weighted by Crippen LogP contribution is 2.52. The standard InChI is InChI=1S/C18H20N2O2/c1-10-3-6-14(7-11(10)2)19-9-20-17(21)15-12-4-5-13(8-12)16(15)18(20)22/h3-7,12-13,15-16,19H,8-9H2,1-2H3/t12-,13+,15+,16-. The predicted molar refractivity (Wildman–Crippen MR) is 84.0 cm³/mol. The highest BCUT2D eigenvalue weighted by atomic mass is 16.2. The molecule has 1 heterocycles. The Bertz CT molecular complexity index is 664. The van der Waals surface area contributed by atoms with Crippen LogP contribution < -0.4 is 5.32 Å². The summed E-state index contributed by atoms with van der Waals surface area (Å²) in [7, 11) is 0. The molecule has 2 bridgehead atoms. The topological polar surface area (TPSA) is 49.4 Å². The van der Waals surface area contributed by atoms with Gasteiger partial charge in [-0.15, -0.1) is 0 Å². The number of benzene rings is 1. The fraction of sp³-hybridized carbons (Fsp3) is 0.444. The molecule has 1 aromatic rings. The van der Waals surface area contributed by atoms with Crippen LogP contribution in [0.4, 0.5) is 5.69 Å². The molecule has 4 heteroatoms. The van der Waals surface area contributed by atoms with E-state index >= 15 is 0 Å². The van der Waals surface area contributed by atoms with Crippen LogP contribution in [0.1, 0.15) is 17.5 Å². The van der Waals surface area contributed by atoms with Crippen LogP contribution in [0.3, 0.4) is 0 Å². The molecule has 0 radical (unpaired) electrons. The lowest BCUT2D eigenvalue weighted by molar-refractivity contribution is -0.140. The lowest BCUT2D eigenvalue weighted by Gasteiger charge is -2.18. The fourth-order valence-corrected chi connectivity index (χ4v) is 4.14. The predicted octanol–water partition coefficient (Wildman–Crippen LogP) is 2.48. The number of anilines is 1. The highest BCUT2D eigenvalue weighted by molar-refractivity contribution is 6.06. The molecule has 1 aromatic carbocycles. The summed E-state index contributed by atoms with van der Waals surface area (Å²) in [5.41, 5.74) is 3.38. The van der Waals surface area contributed by atoms with Gasteiger partial charge in [-0.25, -0.2) is 0 Å². The summed E-state index contributed by atoms with van der Waals surface area (Å²) >= 11 is 0. The summed E-state index contributed by atoms with van der Waals surface area (Å²) in [6.07, 6.45) is 5.22. The number of likely N-dealkylation sites (tertiary alicyclic amines) is 1. The maximum atomic E-state index is 12.6. The van der Waals surface area contributed by atoms with Gasteiger partial charge >= 0.3 is 0 Å². The van der Waals surface area contributed by atoms with E-state index in [9.17, 15) is 9.59 Å². The minimum absolute atomic E-state index is 0.00295. The van der Waals surface area contributed by atoms with Crippen LogP contribution >= 0.6 is 0 Å². The monoisotopic (exact) mass is 296 g/mol. The number of amides is 2. The largest absolute Gasteiger partial charge is 0.367 e. The van der Waals surface area contributed by atoms with Gasteiger partial charge in [0.15, 0.2) is 0 Å². The summed E-state index contributed by atoms with van der Waals surface area (Å²) in [6.45, 7) is 4.39. The van der Waals surface area contributed by atoms with E-state index in [0.717, 1.165) is 12.1 Å². The molecule has 4 nitrogen and oxygen atoms in total. The third-order valence-corrected chi connectivity index (χ3v) is 5.51. The van der Waals surface area contributed by atoms with Gasteiger partial charge in [-0.1, -0.05) is 18.2 Å². The SMILES string of the molecule is Cc1ccc(NCN2C(=O)[C@@H]3[C@H](C2=O)[C@H]2C=C[C@@H]3C2)cc1C. The van der Waals surface area contributed by atoms with Gasteiger partial charge in [0.2, 0.25) is 11.8 Å². The van der Waals surface area contributed by atoms with E-state index in [1.807, 2.05) is 18.2 Å². The molecule has 114 valence electrons. The maximum absolute atomic E-state index is 12.6. The molecule has 0 spiro atoms. The van der Waals surface area contributed by atoms with Crippen molar-refractivity contribution >= 4 is 17.5 Å². The number of carbonyl (C=O) groups is 2. The van der Waals surface area contributed by atoms with Crippen LogP contribution in [0.15, 0.2) is 30.4 Å². The van der Waals surface area contributed by atoms with Crippen molar-refractivity contribution in [2.45, 2.75) is 20.3 Å². The number of hydrogen-bond donors (Lipinski definition) is 1. The number of hydrogen-bond acceptors (Lipinski definition) is 3. The lowest BCUT2D eigenvalue weighted by Crippen LogP contribution is -2.37. The molecule has 4 atom stereocenters. The van der Waals surface area contributed by atoms with Crippen LogP contribution in [0.2, 0.25) is 0 Å². The van der Waals surface area contributed by atoms with Gasteiger partial charge in [-0.3, -0.25) is 14.5 Å². The number of aryl methyl sites for hydroxylation is 2. The molecule has 0 unspecified atom stereocenters. The van der Waals surface area contributed by atoms with Gasteiger partial charge in [0, 0.05) is 5.69 Å². The second-order valence-electron chi connectivity index (χ2n) is 6.74. The number of allylic oxidation sites excluding steroid dienone is 2. The Labute approximate surface area is 130 Å². The van der Waals surface area contributed by atoms with Crippen molar-refractivity contribution in [2.75, 3.05) is 12.0 Å². The van der Waals surface area contributed by atoms with Crippen LogP contribution in [0.25, 0.3) is 0 Å². The van der Waals surface area contributed by atoms with E-state index in [4.69, 9.17) is 0 Å². The van der Waals surface area contributed by atoms with Gasteiger partial charge in [-0.05, 0) is 55.4 Å². The Balaban J connectivity index is 1.49. The zero-order valence-corrected chi connectivity index (χ0v) is 12.9. The van der Waals surface area contributed by atoms with Crippen LogP contribution in [-0.4, -0.2) is 23.4 Å². The van der Waals surface area contributed by atoms with Crippen LogP contribution in [0.5, 0.6) is 0 Å². The molecular formula is C18H20N2O2. The summed E-state index contributed by atoms with van der Waals surface area (Å²) in [5, 5.41) is 3.22. The maximum Gasteiger partial charge on any atom is 0.235 e. The lowest BCUT2D eigenvalue weighted by atomic mass is 9.85. The number of nitrogens with one attached hydrogen (secondary N) is 1. The highest BCUT2D eigenvalue weighted by Gasteiger charge is 2.59. The molecule has 1 N–H and O–H groups in total. The van der Waals surface area contributed by atoms with Gasteiger partial charge in [0.05, 0.1) is 18.5 Å². The average molecular weight is 296 g/mol. The summed E-state index contributed by atoms with van der Waals surface area (Å²) in [6, 6.07) is 6.08. The van der Waals surface area contributed by atoms with E-state index in [0.29, 0.717) is 0 Å². The minimum atomic E-state index is -0.107. The Morgan fingerprint density at radius 1 is 1.05 bits per heavy atom. The van der Waals surface area contributed by atoms with Gasteiger partial charge in [-0.2, -0.15) is 0 Å². The third kappa shape index (κ3) is 1.83. The number of rotatable bonds is 3. The van der Waals surface area contributed by atoms with E-state index in [1.165, 1.54) is 16.0 Å². The van der Waals surface area contributed by atoms with E-state index < -0.39 is 0 Å². The first-order valence-electron chi connectivity index (χ1n) is 7.91. The Morgan fingerprint density at radius 2 is 1.68 bits per heavy atom. The van der Waals surface area contributed by atoms with Crippen molar-refractivity contribution in [2.24, 2.45) is 23.7 Å². The first-order chi connectivity index (χ1) is 10.6. The van der Waals surface area contributed by atoms with Crippen molar-refractivity contribution < 1.29 is 9.59 Å². The normalized spacial score (nSPS) is 32.0. The summed E-state index contributed by atoms with van der Waals surface area (Å²) in [4.78, 5) is 26.5. The number of fused-ring (bicyclic) bond motifs is 5. The number of carbonyl (C=O) groups excluding carboxylic acids is 2. The molecule has 22 heavy (non-hydrogen) atoms. The molecule has 2 amide bonds. The zero-order valence-electron chi connectivity index (χ0n) is 12.9. The van der Waals surface area contributed by atoms with Gasteiger partial charge in [0.1, 0.15) is 0 Å². The summed E-state index contributed by atoms with van der Waals surface area (Å²) in [5.74, 6) is 0.343. The molecule has 4 rings (SSSR count). The zero-order chi connectivity index (χ0) is 15.4. The molecule has 2 aliphatic carbocycles. The first-order valence-corrected chi connectivity index (χ1v) is 7.91. The molecule has 1 saturated heterocycles. The van der Waals surface area contributed by atoms with E-state index in [2.05, 4.69) is 31.3 Å². The van der Waals surface area contributed by atoms with Gasteiger partial charge in [0.25, 0.3) is 0 Å². The van der Waals surface area contributed by atoms with Crippen molar-refractivity contribution in [1.82, 2.24) is 4.90 Å². The van der Waals surface area contributed by atoms with E-state index in [-0.39, 0.29) is 42.2 Å². The molecular weight excluding hydrogens is 276 g/mol. The van der Waals surface area contributed by atoms with E-state index in [1.54, 1.807) is 0 Å². The third-order valence-electron chi connectivity index (χ3n) is 5.51. The number of imide groups is 1. The Kier molecular flexibility index (Phi) is 2.90. The molecule has 0 aromatic heterocycles. The quantitative estimate of drug-likeness (QED) is 0.688. The number of nitrogens with zero attached hydrogens (tertiary/aromatic N) is 1. The Morgan fingerprint density at radius 3 is 2.27 bits per heavy atom. The van der Waals surface area contributed by atoms with Crippen molar-refractivity contribution in [3.63, 3.8) is 0 Å². The second-order valence-corrected chi connectivity index (χ2v) is 6.74. The molecule has 3 aliphatic rings. The van der Waals surface area contributed by atoms with Gasteiger partial charge < -0.3 is 5.32 Å². The first kappa shape index (κ1) is 13.6.